The first-order chi connectivity index (χ1) is 10.7. The predicted octanol–water partition coefficient (Wildman–Crippen LogP) is 2.11. The van der Waals surface area contributed by atoms with Crippen LogP contribution in [0.25, 0.3) is 0 Å². The van der Waals surface area contributed by atoms with Gasteiger partial charge in [-0.15, -0.1) is 11.8 Å². The van der Waals surface area contributed by atoms with E-state index >= 15 is 0 Å². The van der Waals surface area contributed by atoms with E-state index in [1.807, 2.05) is 47.9 Å². The number of hydrogen-bond acceptors (Lipinski definition) is 4. The van der Waals surface area contributed by atoms with E-state index in [-0.39, 0.29) is 16.8 Å². The minimum atomic E-state index is -0.330. The number of fused-ring (bicyclic) bond motifs is 1. The zero-order valence-electron chi connectivity index (χ0n) is 12.8. The molecule has 2 fully saturated rings. The van der Waals surface area contributed by atoms with Gasteiger partial charge < -0.3 is 14.4 Å². The quantitative estimate of drug-likeness (QED) is 0.855. The lowest BCUT2D eigenvalue weighted by Gasteiger charge is -2.48. The molecule has 0 aliphatic carbocycles. The highest BCUT2D eigenvalue weighted by Gasteiger charge is 2.52. The van der Waals surface area contributed by atoms with E-state index in [2.05, 4.69) is 0 Å². The van der Waals surface area contributed by atoms with Crippen molar-refractivity contribution < 1.29 is 14.3 Å². The maximum atomic E-state index is 12.6. The fourth-order valence-electron chi connectivity index (χ4n) is 3.69. The summed E-state index contributed by atoms with van der Waals surface area (Å²) in [4.78, 5) is 14.6. The molecule has 3 heterocycles. The van der Waals surface area contributed by atoms with Crippen LogP contribution in [0.1, 0.15) is 18.9 Å². The van der Waals surface area contributed by atoms with Gasteiger partial charge in [-0.1, -0.05) is 18.2 Å². The fraction of sp³-hybridized carbons (Fsp3) is 0.588. The molecule has 118 valence electrons. The number of benzene rings is 1. The minimum absolute atomic E-state index is 0.141. The Labute approximate surface area is 135 Å². The van der Waals surface area contributed by atoms with Gasteiger partial charge in [0.15, 0.2) is 6.10 Å². The summed E-state index contributed by atoms with van der Waals surface area (Å²) in [6.45, 7) is 4.51. The topological polar surface area (TPSA) is 38.8 Å². The van der Waals surface area contributed by atoms with Gasteiger partial charge in [0.25, 0.3) is 5.91 Å². The number of hydrogen-bond donors (Lipinski definition) is 0. The van der Waals surface area contributed by atoms with Crippen molar-refractivity contribution in [1.82, 2.24) is 4.90 Å². The molecule has 3 aliphatic heterocycles. The number of ether oxygens (including phenoxy) is 2. The fourth-order valence-corrected chi connectivity index (χ4v) is 5.25. The average Bonchev–Trinajstić information content (AvgIpc) is 3.09. The van der Waals surface area contributed by atoms with Crippen LogP contribution >= 0.6 is 11.8 Å². The number of carbonyl (C=O) groups is 1. The van der Waals surface area contributed by atoms with E-state index < -0.39 is 0 Å². The standard InChI is InChI=1S/C17H21NO3S/c1-2-20-13-8-17(22-9-13)10-18(11-17)16(19)15-7-12-5-3-4-6-14(12)21-15/h3-6,13,15H,2,7-11H2,1H3. The minimum Gasteiger partial charge on any atom is -0.480 e. The molecule has 1 amide bonds. The lowest BCUT2D eigenvalue weighted by atomic mass is 9.92. The summed E-state index contributed by atoms with van der Waals surface area (Å²) >= 11 is 1.97. The summed E-state index contributed by atoms with van der Waals surface area (Å²) in [5.41, 5.74) is 1.14. The van der Waals surface area contributed by atoms with Crippen LogP contribution < -0.4 is 4.74 Å². The molecule has 1 aromatic carbocycles. The molecule has 0 N–H and O–H groups in total. The first-order valence-corrected chi connectivity index (χ1v) is 8.96. The Morgan fingerprint density at radius 2 is 2.27 bits per heavy atom. The van der Waals surface area contributed by atoms with Gasteiger partial charge in [-0.2, -0.15) is 0 Å². The number of para-hydroxylation sites is 1. The molecule has 4 rings (SSSR count). The molecule has 3 aliphatic rings. The van der Waals surface area contributed by atoms with Crippen molar-refractivity contribution in [3.05, 3.63) is 29.8 Å². The predicted molar refractivity (Wildman–Crippen MR) is 86.4 cm³/mol. The average molecular weight is 319 g/mol. The molecule has 0 radical (unpaired) electrons. The maximum absolute atomic E-state index is 12.6. The number of nitrogens with zero attached hydrogens (tertiary/aromatic N) is 1. The lowest BCUT2D eigenvalue weighted by molar-refractivity contribution is -0.143. The normalized spacial score (nSPS) is 28.3. The highest BCUT2D eigenvalue weighted by Crippen LogP contribution is 2.46. The Kier molecular flexibility index (Phi) is 3.57. The number of rotatable bonds is 3. The molecule has 2 saturated heterocycles. The summed E-state index contributed by atoms with van der Waals surface area (Å²) in [5.74, 6) is 2.06. The SMILES string of the molecule is CCOC1CSC2(C1)CN(C(=O)C1Cc3ccccc3O1)C2. The van der Waals surface area contributed by atoms with Crippen LogP contribution in [0.3, 0.4) is 0 Å². The summed E-state index contributed by atoms with van der Waals surface area (Å²) in [6, 6.07) is 7.93. The van der Waals surface area contributed by atoms with Crippen molar-refractivity contribution >= 4 is 17.7 Å². The van der Waals surface area contributed by atoms with E-state index in [1.54, 1.807) is 0 Å². The molecule has 5 heteroatoms. The molecule has 1 aromatic rings. The smallest absolute Gasteiger partial charge is 0.264 e. The first-order valence-electron chi connectivity index (χ1n) is 7.98. The second-order valence-corrected chi connectivity index (χ2v) is 7.88. The highest BCUT2D eigenvalue weighted by atomic mass is 32.2. The largest absolute Gasteiger partial charge is 0.480 e. The second-order valence-electron chi connectivity index (χ2n) is 6.39. The molecule has 0 saturated carbocycles. The third-order valence-electron chi connectivity index (χ3n) is 4.77. The third kappa shape index (κ3) is 2.40. The summed E-state index contributed by atoms with van der Waals surface area (Å²) in [7, 11) is 0. The zero-order valence-corrected chi connectivity index (χ0v) is 13.6. The Balaban J connectivity index is 1.33. The third-order valence-corrected chi connectivity index (χ3v) is 6.35. The van der Waals surface area contributed by atoms with Gasteiger partial charge in [-0.3, -0.25) is 4.79 Å². The van der Waals surface area contributed by atoms with Crippen LogP contribution in [0.15, 0.2) is 24.3 Å². The maximum Gasteiger partial charge on any atom is 0.264 e. The summed E-state index contributed by atoms with van der Waals surface area (Å²) in [5, 5.41) is 0. The van der Waals surface area contributed by atoms with E-state index in [0.29, 0.717) is 12.5 Å². The van der Waals surface area contributed by atoms with Crippen LogP contribution in [-0.2, 0) is 16.0 Å². The molecule has 1 spiro atoms. The van der Waals surface area contributed by atoms with Crippen LogP contribution in [0.4, 0.5) is 0 Å². The molecule has 4 nitrogen and oxygen atoms in total. The summed E-state index contributed by atoms with van der Waals surface area (Å²) < 4.78 is 11.8. The molecule has 2 atom stereocenters. The van der Waals surface area contributed by atoms with Gasteiger partial charge in [0.05, 0.1) is 10.9 Å². The molecule has 22 heavy (non-hydrogen) atoms. The van der Waals surface area contributed by atoms with Crippen LogP contribution in [0.2, 0.25) is 0 Å². The first kappa shape index (κ1) is 14.4. The Morgan fingerprint density at radius 1 is 1.45 bits per heavy atom. The van der Waals surface area contributed by atoms with Crippen molar-refractivity contribution in [1.29, 1.82) is 0 Å². The summed E-state index contributed by atoms with van der Waals surface area (Å²) in [6.07, 6.45) is 1.80. The van der Waals surface area contributed by atoms with Crippen LogP contribution in [0, 0.1) is 0 Å². The van der Waals surface area contributed by atoms with Crippen molar-refractivity contribution in [2.24, 2.45) is 0 Å². The molecule has 2 unspecified atom stereocenters. The van der Waals surface area contributed by atoms with Crippen molar-refractivity contribution in [2.75, 3.05) is 25.4 Å². The monoisotopic (exact) mass is 319 g/mol. The molecular formula is C17H21NO3S. The zero-order chi connectivity index (χ0) is 15.2. The molecule has 0 aromatic heterocycles. The van der Waals surface area contributed by atoms with E-state index in [0.717, 1.165) is 43.2 Å². The van der Waals surface area contributed by atoms with E-state index in [1.165, 1.54) is 0 Å². The van der Waals surface area contributed by atoms with E-state index in [4.69, 9.17) is 9.47 Å². The second kappa shape index (κ2) is 5.46. The van der Waals surface area contributed by atoms with Gasteiger partial charge in [-0.25, -0.2) is 0 Å². The number of carbonyl (C=O) groups excluding carboxylic acids is 1. The van der Waals surface area contributed by atoms with Gasteiger partial charge in [0.2, 0.25) is 0 Å². The van der Waals surface area contributed by atoms with Crippen molar-refractivity contribution in [3.63, 3.8) is 0 Å². The van der Waals surface area contributed by atoms with Crippen LogP contribution in [-0.4, -0.2) is 53.2 Å². The van der Waals surface area contributed by atoms with Gasteiger partial charge >= 0.3 is 0 Å². The Morgan fingerprint density at radius 3 is 3.05 bits per heavy atom. The van der Waals surface area contributed by atoms with Crippen molar-refractivity contribution in [3.8, 4) is 5.75 Å². The van der Waals surface area contributed by atoms with Crippen LogP contribution in [0.5, 0.6) is 5.75 Å². The van der Waals surface area contributed by atoms with Gasteiger partial charge in [0.1, 0.15) is 5.75 Å². The van der Waals surface area contributed by atoms with Gasteiger partial charge in [-0.05, 0) is 25.0 Å². The van der Waals surface area contributed by atoms with Crippen molar-refractivity contribution in [2.45, 2.75) is 36.7 Å². The number of thioether (sulfide) groups is 1. The Bertz CT molecular complexity index is 560. The number of amides is 1. The van der Waals surface area contributed by atoms with Gasteiger partial charge in [0, 0.05) is 31.9 Å². The lowest BCUT2D eigenvalue weighted by Crippen LogP contribution is -2.63. The Hall–Kier alpha value is -1.20. The number of likely N-dealkylation sites (tertiary alicyclic amines) is 1. The molecule has 0 bridgehead atoms. The van der Waals surface area contributed by atoms with E-state index in [9.17, 15) is 4.79 Å². The molecular weight excluding hydrogens is 298 g/mol. The highest BCUT2D eigenvalue weighted by molar-refractivity contribution is 8.01.